The minimum absolute atomic E-state index is 0.0793. The molecule has 158 valence electrons. The predicted octanol–water partition coefficient (Wildman–Crippen LogP) is 4.80. The molecule has 0 spiro atoms. The van der Waals surface area contributed by atoms with Crippen LogP contribution in [0.2, 0.25) is 5.02 Å². The number of carbonyl (C=O) groups is 3. The van der Waals surface area contributed by atoms with E-state index in [-0.39, 0.29) is 22.6 Å². The summed E-state index contributed by atoms with van der Waals surface area (Å²) in [6.07, 6.45) is 1.34. The lowest BCUT2D eigenvalue weighted by molar-refractivity contribution is -0.112. The summed E-state index contributed by atoms with van der Waals surface area (Å²) < 4.78 is 5.29. The molecule has 0 aromatic heterocycles. The molecule has 3 rings (SSSR count). The van der Waals surface area contributed by atoms with E-state index in [1.807, 2.05) is 0 Å². The fraction of sp³-hybridized carbons (Fsp3) is 0. The number of esters is 1. The number of hydrogen-bond donors (Lipinski definition) is 2. The molecule has 0 atom stereocenters. The number of nitrogens with one attached hydrogen (secondary N) is 1. The fourth-order valence-electron chi connectivity index (χ4n) is 2.67. The Morgan fingerprint density at radius 1 is 0.969 bits per heavy atom. The van der Waals surface area contributed by atoms with Crippen molar-refractivity contribution in [2.24, 2.45) is 0 Å². The summed E-state index contributed by atoms with van der Waals surface area (Å²) in [7, 11) is 0. The number of amides is 1. The van der Waals surface area contributed by atoms with Gasteiger partial charge in [-0.15, -0.1) is 0 Å². The van der Waals surface area contributed by atoms with Crippen molar-refractivity contribution >= 4 is 41.2 Å². The van der Waals surface area contributed by atoms with Crippen molar-refractivity contribution in [3.63, 3.8) is 0 Å². The van der Waals surface area contributed by atoms with Gasteiger partial charge in [-0.25, -0.2) is 9.59 Å². The highest BCUT2D eigenvalue weighted by Crippen LogP contribution is 2.19. The van der Waals surface area contributed by atoms with Crippen LogP contribution in [0.15, 0.2) is 78.4 Å². The number of carbonyl (C=O) groups excluding carboxylic acids is 2. The van der Waals surface area contributed by atoms with Crippen LogP contribution in [0.5, 0.6) is 5.75 Å². The normalized spacial score (nSPS) is 10.7. The minimum Gasteiger partial charge on any atom is -0.478 e. The van der Waals surface area contributed by atoms with E-state index in [0.29, 0.717) is 16.1 Å². The first-order valence-electron chi connectivity index (χ1n) is 9.20. The average molecular weight is 447 g/mol. The van der Waals surface area contributed by atoms with Gasteiger partial charge in [0.25, 0.3) is 5.91 Å². The SMILES string of the molecule is N#C/C(=C\c1ccc(OC(=O)c2ccc(Cl)cc2)cc1)C(=O)Nc1ccccc1C(=O)O. The predicted molar refractivity (Wildman–Crippen MR) is 118 cm³/mol. The van der Waals surface area contributed by atoms with Gasteiger partial charge in [-0.1, -0.05) is 35.9 Å². The lowest BCUT2D eigenvalue weighted by Crippen LogP contribution is -2.16. The van der Waals surface area contributed by atoms with E-state index in [9.17, 15) is 24.8 Å². The van der Waals surface area contributed by atoms with Crippen LogP contribution in [0.3, 0.4) is 0 Å². The Balaban J connectivity index is 1.72. The van der Waals surface area contributed by atoms with Crippen LogP contribution in [-0.2, 0) is 4.79 Å². The highest BCUT2D eigenvalue weighted by atomic mass is 35.5. The van der Waals surface area contributed by atoms with Crippen LogP contribution in [0, 0.1) is 11.3 Å². The standard InChI is InChI=1S/C24H15ClN2O5/c25-18-9-7-16(8-10-18)24(31)32-19-11-5-15(6-12-19)13-17(14-26)22(28)27-21-4-2-1-3-20(21)23(29)30/h1-13H,(H,27,28)(H,29,30)/b17-13+. The topological polar surface area (TPSA) is 116 Å². The van der Waals surface area contributed by atoms with Crippen LogP contribution in [0.1, 0.15) is 26.3 Å². The van der Waals surface area contributed by atoms with Crippen LogP contribution in [0.4, 0.5) is 5.69 Å². The summed E-state index contributed by atoms with van der Waals surface area (Å²) in [5.41, 5.74) is 0.606. The van der Waals surface area contributed by atoms with E-state index >= 15 is 0 Å². The number of aromatic carboxylic acids is 1. The van der Waals surface area contributed by atoms with E-state index < -0.39 is 17.8 Å². The number of benzene rings is 3. The zero-order valence-electron chi connectivity index (χ0n) is 16.4. The second-order valence-electron chi connectivity index (χ2n) is 6.44. The minimum atomic E-state index is -1.20. The summed E-state index contributed by atoms with van der Waals surface area (Å²) in [4.78, 5) is 35.9. The van der Waals surface area contributed by atoms with Crippen molar-refractivity contribution in [2.75, 3.05) is 5.32 Å². The first-order chi connectivity index (χ1) is 15.4. The zero-order valence-corrected chi connectivity index (χ0v) is 17.2. The number of para-hydroxylation sites is 1. The van der Waals surface area contributed by atoms with Gasteiger partial charge in [-0.05, 0) is 60.2 Å². The van der Waals surface area contributed by atoms with Crippen LogP contribution in [0.25, 0.3) is 6.08 Å². The summed E-state index contributed by atoms with van der Waals surface area (Å²) in [6, 6.07) is 20.1. The van der Waals surface area contributed by atoms with Crippen molar-refractivity contribution < 1.29 is 24.2 Å². The monoisotopic (exact) mass is 446 g/mol. The molecule has 0 unspecified atom stereocenters. The summed E-state index contributed by atoms with van der Waals surface area (Å²) in [6.45, 7) is 0. The third-order valence-corrected chi connectivity index (χ3v) is 4.50. The maximum atomic E-state index is 12.4. The summed E-state index contributed by atoms with van der Waals surface area (Å²) in [5, 5.41) is 21.5. The average Bonchev–Trinajstić information content (AvgIpc) is 2.79. The van der Waals surface area contributed by atoms with Gasteiger partial charge < -0.3 is 15.2 Å². The van der Waals surface area contributed by atoms with Crippen molar-refractivity contribution in [1.29, 1.82) is 5.26 Å². The van der Waals surface area contributed by atoms with Crippen molar-refractivity contribution in [1.82, 2.24) is 0 Å². The molecule has 0 heterocycles. The van der Waals surface area contributed by atoms with Gasteiger partial charge >= 0.3 is 11.9 Å². The molecule has 0 saturated heterocycles. The molecule has 2 N–H and O–H groups in total. The Morgan fingerprint density at radius 3 is 2.25 bits per heavy atom. The Bertz CT molecular complexity index is 1240. The number of carboxylic acids is 1. The maximum Gasteiger partial charge on any atom is 0.343 e. The molecule has 0 bridgehead atoms. The van der Waals surface area contributed by atoms with Gasteiger partial charge in [-0.3, -0.25) is 4.79 Å². The molecule has 32 heavy (non-hydrogen) atoms. The Labute approximate surface area is 188 Å². The molecule has 0 aliphatic heterocycles. The molecule has 8 heteroatoms. The third-order valence-electron chi connectivity index (χ3n) is 4.25. The van der Waals surface area contributed by atoms with E-state index in [0.717, 1.165) is 0 Å². The van der Waals surface area contributed by atoms with E-state index in [4.69, 9.17) is 16.3 Å². The van der Waals surface area contributed by atoms with E-state index in [1.54, 1.807) is 48.5 Å². The molecule has 0 aliphatic carbocycles. The molecular formula is C24H15ClN2O5. The highest BCUT2D eigenvalue weighted by molar-refractivity contribution is 6.30. The molecule has 0 radical (unpaired) electrons. The second-order valence-corrected chi connectivity index (χ2v) is 6.88. The number of nitrogens with zero attached hydrogens (tertiary/aromatic N) is 1. The van der Waals surface area contributed by atoms with Gasteiger partial charge in [0.1, 0.15) is 17.4 Å². The molecule has 3 aromatic rings. The molecule has 1 amide bonds. The first-order valence-corrected chi connectivity index (χ1v) is 9.58. The second kappa shape index (κ2) is 10.1. The van der Waals surface area contributed by atoms with Crippen LogP contribution < -0.4 is 10.1 Å². The van der Waals surface area contributed by atoms with Gasteiger partial charge in [0.05, 0.1) is 16.8 Å². The molecule has 0 aliphatic rings. The smallest absolute Gasteiger partial charge is 0.343 e. The summed E-state index contributed by atoms with van der Waals surface area (Å²) in [5.74, 6) is -2.23. The lowest BCUT2D eigenvalue weighted by atomic mass is 10.1. The van der Waals surface area contributed by atoms with Crippen molar-refractivity contribution in [3.05, 3.63) is 100 Å². The van der Waals surface area contributed by atoms with Gasteiger partial charge in [0, 0.05) is 5.02 Å². The van der Waals surface area contributed by atoms with Gasteiger partial charge in [-0.2, -0.15) is 5.26 Å². The largest absolute Gasteiger partial charge is 0.478 e. The number of halogens is 1. The van der Waals surface area contributed by atoms with Crippen LogP contribution in [-0.4, -0.2) is 23.0 Å². The number of hydrogen-bond acceptors (Lipinski definition) is 5. The lowest BCUT2D eigenvalue weighted by Gasteiger charge is -2.08. The highest BCUT2D eigenvalue weighted by Gasteiger charge is 2.15. The number of nitriles is 1. The maximum absolute atomic E-state index is 12.4. The quantitative estimate of drug-likeness (QED) is 0.243. The zero-order chi connectivity index (χ0) is 23.1. The number of rotatable bonds is 6. The number of ether oxygens (including phenoxy) is 1. The summed E-state index contributed by atoms with van der Waals surface area (Å²) >= 11 is 5.80. The van der Waals surface area contributed by atoms with E-state index in [2.05, 4.69) is 5.32 Å². The van der Waals surface area contributed by atoms with Crippen LogP contribution >= 0.6 is 11.6 Å². The third kappa shape index (κ3) is 5.59. The van der Waals surface area contributed by atoms with Crippen molar-refractivity contribution in [2.45, 2.75) is 0 Å². The molecular weight excluding hydrogens is 432 g/mol. The number of carboxylic acid groups (broad SMARTS) is 1. The first kappa shape index (κ1) is 22.3. The van der Waals surface area contributed by atoms with Gasteiger partial charge in [0.15, 0.2) is 0 Å². The fourth-order valence-corrected chi connectivity index (χ4v) is 2.79. The Hall–Kier alpha value is -4.41. The van der Waals surface area contributed by atoms with E-state index in [1.165, 1.54) is 36.4 Å². The van der Waals surface area contributed by atoms with Gasteiger partial charge in [0.2, 0.25) is 0 Å². The molecule has 3 aromatic carbocycles. The molecule has 7 nitrogen and oxygen atoms in total. The number of anilines is 1. The molecule has 0 saturated carbocycles. The molecule has 0 fully saturated rings. The Morgan fingerprint density at radius 2 is 1.62 bits per heavy atom. The van der Waals surface area contributed by atoms with Crippen molar-refractivity contribution in [3.8, 4) is 11.8 Å². The Kier molecular flexibility index (Phi) is 7.01.